The van der Waals surface area contributed by atoms with Crippen LogP contribution in [0.2, 0.25) is 0 Å². The summed E-state index contributed by atoms with van der Waals surface area (Å²) in [5.74, 6) is -1.12. The van der Waals surface area contributed by atoms with Crippen LogP contribution in [0.3, 0.4) is 0 Å². The number of halogens is 3. The fourth-order valence-corrected chi connectivity index (χ4v) is 2.89. The minimum Gasteiger partial charge on any atom is -0.481 e. The van der Waals surface area contributed by atoms with E-state index in [1.807, 2.05) is 6.92 Å². The van der Waals surface area contributed by atoms with Crippen LogP contribution < -0.4 is 4.90 Å². The first-order valence-corrected chi connectivity index (χ1v) is 6.81. The second kappa shape index (κ2) is 5.54. The maximum absolute atomic E-state index is 13.0. The maximum atomic E-state index is 13.0. The molecule has 1 aliphatic heterocycles. The molecule has 0 saturated carbocycles. The van der Waals surface area contributed by atoms with Gasteiger partial charge in [0.2, 0.25) is 0 Å². The zero-order valence-electron chi connectivity index (χ0n) is 11.7. The highest BCUT2D eigenvalue weighted by Crippen LogP contribution is 2.41. The van der Waals surface area contributed by atoms with Gasteiger partial charge in [-0.1, -0.05) is 13.3 Å². The summed E-state index contributed by atoms with van der Waals surface area (Å²) in [6.07, 6.45) is -1.74. The summed E-state index contributed by atoms with van der Waals surface area (Å²) < 4.78 is 39.1. The Bertz CT molecular complexity index is 533. The van der Waals surface area contributed by atoms with Gasteiger partial charge in [0, 0.05) is 19.3 Å². The molecular formula is C14H17F3N2O2. The minimum absolute atomic E-state index is 0.0657. The van der Waals surface area contributed by atoms with E-state index >= 15 is 0 Å². The molecule has 1 saturated heterocycles. The topological polar surface area (TPSA) is 53.4 Å². The highest BCUT2D eigenvalue weighted by molar-refractivity contribution is 5.76. The number of anilines is 1. The fraction of sp³-hybridized carbons (Fsp3) is 0.571. The van der Waals surface area contributed by atoms with Crippen molar-refractivity contribution in [3.05, 3.63) is 23.9 Å². The summed E-state index contributed by atoms with van der Waals surface area (Å²) in [6, 6.07) is 2.21. The second-order valence-corrected chi connectivity index (χ2v) is 5.38. The van der Waals surface area contributed by atoms with Crippen LogP contribution in [0.1, 0.15) is 31.7 Å². The monoisotopic (exact) mass is 302 g/mol. The second-order valence-electron chi connectivity index (χ2n) is 5.38. The molecule has 0 bridgehead atoms. The third-order valence-electron chi connectivity index (χ3n) is 3.93. The fourth-order valence-electron chi connectivity index (χ4n) is 2.89. The van der Waals surface area contributed by atoms with E-state index in [2.05, 4.69) is 4.98 Å². The summed E-state index contributed by atoms with van der Waals surface area (Å²) >= 11 is 0. The van der Waals surface area contributed by atoms with Crippen LogP contribution in [-0.4, -0.2) is 29.1 Å². The Labute approximate surface area is 120 Å². The van der Waals surface area contributed by atoms with E-state index < -0.39 is 23.1 Å². The maximum Gasteiger partial charge on any atom is 0.419 e. The van der Waals surface area contributed by atoms with Gasteiger partial charge in [-0.25, -0.2) is 4.98 Å². The quantitative estimate of drug-likeness (QED) is 0.928. The van der Waals surface area contributed by atoms with E-state index in [-0.39, 0.29) is 18.9 Å². The van der Waals surface area contributed by atoms with E-state index in [1.54, 1.807) is 0 Å². The smallest absolute Gasteiger partial charge is 0.419 e. The lowest BCUT2D eigenvalue weighted by molar-refractivity contribution is -0.148. The van der Waals surface area contributed by atoms with Crippen LogP contribution in [0, 0.1) is 5.41 Å². The molecule has 1 fully saturated rings. The summed E-state index contributed by atoms with van der Waals surface area (Å²) in [6.45, 7) is 2.21. The lowest BCUT2D eigenvalue weighted by Gasteiger charge is -2.26. The van der Waals surface area contributed by atoms with Gasteiger partial charge in [0.05, 0.1) is 11.0 Å². The Morgan fingerprint density at radius 3 is 2.81 bits per heavy atom. The molecule has 0 amide bonds. The molecule has 1 N–H and O–H groups in total. The lowest BCUT2D eigenvalue weighted by atomic mass is 9.83. The van der Waals surface area contributed by atoms with E-state index in [0.29, 0.717) is 19.3 Å². The number of nitrogens with zero attached hydrogens (tertiary/aromatic N) is 2. The standard InChI is InChI=1S/C14H17F3N2O2/c1-2-5-13(12(20)21)6-8-19(9-13)11-10(14(15,16)17)4-3-7-18-11/h3-4,7H,2,5-6,8-9H2,1H3,(H,20,21). The SMILES string of the molecule is CCCC1(C(=O)O)CCN(c2ncccc2C(F)(F)F)C1. The normalized spacial score (nSPS) is 22.6. The van der Waals surface area contributed by atoms with Gasteiger partial charge in [0.1, 0.15) is 5.82 Å². The van der Waals surface area contributed by atoms with Gasteiger partial charge < -0.3 is 10.0 Å². The largest absolute Gasteiger partial charge is 0.481 e. The molecule has 1 aliphatic rings. The van der Waals surface area contributed by atoms with E-state index in [0.717, 1.165) is 6.07 Å². The van der Waals surface area contributed by atoms with Crippen LogP contribution >= 0.6 is 0 Å². The first-order chi connectivity index (χ1) is 9.80. The number of carboxylic acid groups (broad SMARTS) is 1. The molecule has 0 radical (unpaired) electrons. The zero-order valence-corrected chi connectivity index (χ0v) is 11.7. The molecule has 2 heterocycles. The van der Waals surface area contributed by atoms with Crippen molar-refractivity contribution in [2.75, 3.05) is 18.0 Å². The van der Waals surface area contributed by atoms with E-state index in [4.69, 9.17) is 0 Å². The Morgan fingerprint density at radius 2 is 2.24 bits per heavy atom. The average Bonchev–Trinajstić information content (AvgIpc) is 2.84. The molecule has 0 spiro atoms. The molecule has 4 nitrogen and oxygen atoms in total. The molecule has 21 heavy (non-hydrogen) atoms. The Hall–Kier alpha value is -1.79. The van der Waals surface area contributed by atoms with Gasteiger partial charge in [-0.15, -0.1) is 0 Å². The Balaban J connectivity index is 2.32. The van der Waals surface area contributed by atoms with Gasteiger partial charge >= 0.3 is 12.1 Å². The Kier molecular flexibility index (Phi) is 4.11. The molecule has 1 aromatic heterocycles. The van der Waals surface area contributed by atoms with Crippen molar-refractivity contribution in [1.82, 2.24) is 4.98 Å². The highest BCUT2D eigenvalue weighted by atomic mass is 19.4. The number of hydrogen-bond donors (Lipinski definition) is 1. The van der Waals surface area contributed by atoms with Crippen molar-refractivity contribution in [1.29, 1.82) is 0 Å². The summed E-state index contributed by atoms with van der Waals surface area (Å²) in [5, 5.41) is 9.42. The number of rotatable bonds is 4. The first kappa shape index (κ1) is 15.6. The van der Waals surface area contributed by atoms with E-state index in [1.165, 1.54) is 17.2 Å². The van der Waals surface area contributed by atoms with Crippen LogP contribution in [0.5, 0.6) is 0 Å². The predicted octanol–water partition coefficient (Wildman–Crippen LogP) is 3.18. The summed E-state index contributed by atoms with van der Waals surface area (Å²) in [5.41, 5.74) is -1.79. The van der Waals surface area contributed by atoms with Crippen molar-refractivity contribution in [3.63, 3.8) is 0 Å². The molecule has 1 unspecified atom stereocenters. The molecule has 0 aliphatic carbocycles. The number of carbonyl (C=O) groups is 1. The highest BCUT2D eigenvalue weighted by Gasteiger charge is 2.46. The molecule has 0 aromatic carbocycles. The van der Waals surface area contributed by atoms with Gasteiger partial charge in [0.15, 0.2) is 0 Å². The average molecular weight is 302 g/mol. The number of aromatic nitrogens is 1. The third-order valence-corrected chi connectivity index (χ3v) is 3.93. The van der Waals surface area contributed by atoms with Crippen molar-refractivity contribution in [3.8, 4) is 0 Å². The van der Waals surface area contributed by atoms with Crippen LogP contribution in [0.4, 0.5) is 19.0 Å². The van der Waals surface area contributed by atoms with Crippen LogP contribution in [0.15, 0.2) is 18.3 Å². The Morgan fingerprint density at radius 1 is 1.52 bits per heavy atom. The van der Waals surface area contributed by atoms with Crippen molar-refractivity contribution in [2.24, 2.45) is 5.41 Å². The van der Waals surface area contributed by atoms with Crippen LogP contribution in [-0.2, 0) is 11.0 Å². The number of hydrogen-bond acceptors (Lipinski definition) is 3. The molecule has 7 heteroatoms. The zero-order chi connectivity index (χ0) is 15.7. The number of pyridine rings is 1. The summed E-state index contributed by atoms with van der Waals surface area (Å²) in [7, 11) is 0. The molecule has 1 aromatic rings. The predicted molar refractivity (Wildman–Crippen MR) is 71.0 cm³/mol. The number of alkyl halides is 3. The number of aliphatic carboxylic acids is 1. The van der Waals surface area contributed by atoms with E-state index in [9.17, 15) is 23.1 Å². The molecule has 2 rings (SSSR count). The van der Waals surface area contributed by atoms with Gasteiger partial charge in [-0.3, -0.25) is 4.79 Å². The molecule has 116 valence electrons. The van der Waals surface area contributed by atoms with Crippen molar-refractivity contribution in [2.45, 2.75) is 32.4 Å². The van der Waals surface area contributed by atoms with Gasteiger partial charge in [-0.05, 0) is 25.0 Å². The van der Waals surface area contributed by atoms with Gasteiger partial charge in [0.25, 0.3) is 0 Å². The van der Waals surface area contributed by atoms with Crippen molar-refractivity contribution >= 4 is 11.8 Å². The number of carboxylic acids is 1. The first-order valence-electron chi connectivity index (χ1n) is 6.81. The lowest BCUT2D eigenvalue weighted by Crippen LogP contribution is -2.35. The van der Waals surface area contributed by atoms with Gasteiger partial charge in [-0.2, -0.15) is 13.2 Å². The third kappa shape index (κ3) is 2.96. The molecule has 1 atom stereocenters. The minimum atomic E-state index is -4.50. The molecular weight excluding hydrogens is 285 g/mol. The van der Waals surface area contributed by atoms with Crippen LogP contribution in [0.25, 0.3) is 0 Å². The summed E-state index contributed by atoms with van der Waals surface area (Å²) in [4.78, 5) is 16.8. The van der Waals surface area contributed by atoms with Crippen molar-refractivity contribution < 1.29 is 23.1 Å².